The lowest BCUT2D eigenvalue weighted by Gasteiger charge is -2.15. The van der Waals surface area contributed by atoms with Gasteiger partial charge in [-0.15, -0.1) is 5.10 Å². The van der Waals surface area contributed by atoms with Crippen LogP contribution in [0.15, 0.2) is 30.3 Å². The molecule has 0 amide bonds. The Hall–Kier alpha value is -2.30. The Balaban J connectivity index is 2.27. The van der Waals surface area contributed by atoms with Crippen LogP contribution in [0.1, 0.15) is 5.69 Å². The molecule has 5 nitrogen and oxygen atoms in total. The van der Waals surface area contributed by atoms with Gasteiger partial charge in [0.25, 0.3) is 0 Å². The fourth-order valence-electron chi connectivity index (χ4n) is 1.44. The lowest BCUT2D eigenvalue weighted by atomic mass is 10.2. The number of aromatic nitrogens is 2. The fraction of sp³-hybridized carbons (Fsp3) is 0.231. The third-order valence-corrected chi connectivity index (χ3v) is 2.50. The average Bonchev–Trinajstić information content (AvgIpc) is 2.34. The number of rotatable bonds is 3. The minimum atomic E-state index is 0.434. The normalized spacial score (nSPS) is 10.2. The highest BCUT2D eigenvalue weighted by Gasteiger charge is 2.06. The van der Waals surface area contributed by atoms with E-state index in [1.54, 1.807) is 6.07 Å². The molecule has 0 aliphatic heterocycles. The first kappa shape index (κ1) is 12.2. The van der Waals surface area contributed by atoms with Gasteiger partial charge in [0.05, 0.1) is 11.4 Å². The first-order valence-electron chi connectivity index (χ1n) is 5.61. The van der Waals surface area contributed by atoms with E-state index in [0.29, 0.717) is 17.3 Å². The molecule has 1 heterocycles. The van der Waals surface area contributed by atoms with Crippen molar-refractivity contribution in [2.24, 2.45) is 0 Å². The Morgan fingerprint density at radius 2 is 1.89 bits per heavy atom. The molecule has 94 valence electrons. The van der Waals surface area contributed by atoms with Crippen LogP contribution >= 0.6 is 0 Å². The lowest BCUT2D eigenvalue weighted by Crippen LogP contribution is -2.08. The third-order valence-electron chi connectivity index (χ3n) is 2.50. The zero-order valence-electron chi connectivity index (χ0n) is 10.7. The first-order valence-corrected chi connectivity index (χ1v) is 5.61. The molecule has 0 atom stereocenters. The molecule has 18 heavy (non-hydrogen) atoms. The van der Waals surface area contributed by atoms with Crippen LogP contribution in [-0.4, -0.2) is 24.3 Å². The Morgan fingerprint density at radius 3 is 2.50 bits per heavy atom. The summed E-state index contributed by atoms with van der Waals surface area (Å²) in [6.07, 6.45) is 0. The highest BCUT2D eigenvalue weighted by molar-refractivity contribution is 5.62. The van der Waals surface area contributed by atoms with E-state index in [9.17, 15) is 0 Å². The predicted octanol–water partition coefficient (Wildman–Crippen LogP) is 2.23. The van der Waals surface area contributed by atoms with Crippen LogP contribution in [0.3, 0.4) is 0 Å². The molecule has 5 heteroatoms. The van der Waals surface area contributed by atoms with Crippen molar-refractivity contribution in [3.05, 3.63) is 36.0 Å². The van der Waals surface area contributed by atoms with Gasteiger partial charge in [-0.3, -0.25) is 0 Å². The molecule has 2 N–H and O–H groups in total. The first-order chi connectivity index (χ1) is 8.56. The van der Waals surface area contributed by atoms with Gasteiger partial charge in [0.15, 0.2) is 5.75 Å². The Kier molecular flexibility index (Phi) is 3.32. The molecule has 0 spiro atoms. The maximum absolute atomic E-state index is 5.88. The summed E-state index contributed by atoms with van der Waals surface area (Å²) in [7, 11) is 3.92. The molecule has 2 aromatic rings. The van der Waals surface area contributed by atoms with Gasteiger partial charge < -0.3 is 15.4 Å². The molecule has 0 aliphatic carbocycles. The van der Waals surface area contributed by atoms with Gasteiger partial charge in [0.2, 0.25) is 5.88 Å². The number of hydrogen-bond donors (Lipinski definition) is 1. The third kappa shape index (κ3) is 2.68. The second-order valence-corrected chi connectivity index (χ2v) is 4.23. The summed E-state index contributed by atoms with van der Waals surface area (Å²) >= 11 is 0. The minimum Gasteiger partial charge on any atom is -0.435 e. The number of nitrogens with two attached hydrogens (primary N) is 1. The highest BCUT2D eigenvalue weighted by Crippen LogP contribution is 2.30. The molecular formula is C13H16N4O. The van der Waals surface area contributed by atoms with Crippen LogP contribution in [0.5, 0.6) is 11.6 Å². The average molecular weight is 244 g/mol. The summed E-state index contributed by atoms with van der Waals surface area (Å²) < 4.78 is 5.63. The Bertz CT molecular complexity index is 537. The predicted molar refractivity (Wildman–Crippen MR) is 72.0 cm³/mol. The topological polar surface area (TPSA) is 64.3 Å². The summed E-state index contributed by atoms with van der Waals surface area (Å²) in [6.45, 7) is 1.87. The number of benzene rings is 1. The molecule has 0 fully saturated rings. The van der Waals surface area contributed by atoms with Gasteiger partial charge in [0, 0.05) is 31.9 Å². The van der Waals surface area contributed by atoms with E-state index in [1.165, 1.54) is 0 Å². The maximum atomic E-state index is 5.88. The summed E-state index contributed by atoms with van der Waals surface area (Å²) in [5, 5.41) is 7.88. The van der Waals surface area contributed by atoms with Crippen molar-refractivity contribution in [3.63, 3.8) is 0 Å². The van der Waals surface area contributed by atoms with Gasteiger partial charge >= 0.3 is 0 Å². The van der Waals surface area contributed by atoms with Crippen molar-refractivity contribution in [2.45, 2.75) is 6.92 Å². The van der Waals surface area contributed by atoms with Crippen LogP contribution in [0.4, 0.5) is 11.4 Å². The number of anilines is 2. The van der Waals surface area contributed by atoms with Crippen LogP contribution in [-0.2, 0) is 0 Å². The zero-order chi connectivity index (χ0) is 13.1. The lowest BCUT2D eigenvalue weighted by molar-refractivity contribution is 0.456. The van der Waals surface area contributed by atoms with Gasteiger partial charge in [-0.1, -0.05) is 0 Å². The van der Waals surface area contributed by atoms with E-state index in [4.69, 9.17) is 10.5 Å². The van der Waals surface area contributed by atoms with Crippen molar-refractivity contribution >= 4 is 11.4 Å². The van der Waals surface area contributed by atoms with E-state index in [-0.39, 0.29) is 0 Å². The van der Waals surface area contributed by atoms with Crippen LogP contribution in [0.2, 0.25) is 0 Å². The van der Waals surface area contributed by atoms with E-state index in [0.717, 1.165) is 11.4 Å². The van der Waals surface area contributed by atoms with E-state index in [2.05, 4.69) is 10.2 Å². The SMILES string of the molecule is Cc1ccc(Oc2cc(N(C)C)ccc2N)nn1. The highest BCUT2D eigenvalue weighted by atomic mass is 16.5. The molecule has 0 bridgehead atoms. The molecule has 0 unspecified atom stereocenters. The van der Waals surface area contributed by atoms with Crippen molar-refractivity contribution in [1.29, 1.82) is 0 Å². The van der Waals surface area contributed by atoms with Crippen LogP contribution in [0.25, 0.3) is 0 Å². The van der Waals surface area contributed by atoms with Gasteiger partial charge in [0.1, 0.15) is 0 Å². The molecule has 1 aromatic heterocycles. The van der Waals surface area contributed by atoms with Crippen molar-refractivity contribution in [1.82, 2.24) is 10.2 Å². The van der Waals surface area contributed by atoms with Gasteiger partial charge in [-0.2, -0.15) is 5.10 Å². The summed E-state index contributed by atoms with van der Waals surface area (Å²) in [6, 6.07) is 9.23. The molecule has 0 aliphatic rings. The molecule has 1 aromatic carbocycles. The summed E-state index contributed by atoms with van der Waals surface area (Å²) in [4.78, 5) is 1.98. The van der Waals surface area contributed by atoms with E-state index in [1.807, 2.05) is 50.2 Å². The van der Waals surface area contributed by atoms with E-state index >= 15 is 0 Å². The van der Waals surface area contributed by atoms with E-state index < -0.39 is 0 Å². The number of ether oxygens (including phenoxy) is 1. The largest absolute Gasteiger partial charge is 0.435 e. The maximum Gasteiger partial charge on any atom is 0.238 e. The Labute approximate surface area is 106 Å². The number of nitrogens with zero attached hydrogens (tertiary/aromatic N) is 3. The molecule has 0 saturated heterocycles. The minimum absolute atomic E-state index is 0.434. The zero-order valence-corrected chi connectivity index (χ0v) is 10.7. The number of aryl methyl sites for hydroxylation is 1. The Morgan fingerprint density at radius 1 is 1.11 bits per heavy atom. The monoisotopic (exact) mass is 244 g/mol. The van der Waals surface area contributed by atoms with Gasteiger partial charge in [-0.25, -0.2) is 0 Å². The number of hydrogen-bond acceptors (Lipinski definition) is 5. The van der Waals surface area contributed by atoms with Gasteiger partial charge in [-0.05, 0) is 25.1 Å². The van der Waals surface area contributed by atoms with Crippen molar-refractivity contribution in [2.75, 3.05) is 24.7 Å². The standard InChI is InChI=1S/C13H16N4O/c1-9-4-7-13(16-15-9)18-12-8-10(17(2)3)5-6-11(12)14/h4-8H,14H2,1-3H3. The smallest absolute Gasteiger partial charge is 0.238 e. The van der Waals surface area contributed by atoms with Crippen molar-refractivity contribution < 1.29 is 4.74 Å². The molecule has 0 radical (unpaired) electrons. The second-order valence-electron chi connectivity index (χ2n) is 4.23. The second kappa shape index (κ2) is 4.91. The van der Waals surface area contributed by atoms with Crippen LogP contribution < -0.4 is 15.4 Å². The molecular weight excluding hydrogens is 228 g/mol. The summed E-state index contributed by atoms with van der Waals surface area (Å²) in [5.41, 5.74) is 8.31. The fourth-order valence-corrected chi connectivity index (χ4v) is 1.44. The number of nitrogen functional groups attached to an aromatic ring is 1. The summed E-state index contributed by atoms with van der Waals surface area (Å²) in [5.74, 6) is 1.02. The molecule has 2 rings (SSSR count). The quantitative estimate of drug-likeness (QED) is 0.839. The van der Waals surface area contributed by atoms with Crippen LogP contribution in [0, 0.1) is 6.92 Å². The van der Waals surface area contributed by atoms with Crippen molar-refractivity contribution in [3.8, 4) is 11.6 Å². The molecule has 0 saturated carbocycles.